The second-order valence-corrected chi connectivity index (χ2v) is 11.5. The summed E-state index contributed by atoms with van der Waals surface area (Å²) < 4.78 is 28.0. The van der Waals surface area contributed by atoms with Gasteiger partial charge in [-0.05, 0) is 56.4 Å². The molecule has 5 nitrogen and oxygen atoms in total. The molecule has 1 fully saturated rings. The van der Waals surface area contributed by atoms with Crippen LogP contribution in [-0.4, -0.2) is 37.3 Å². The van der Waals surface area contributed by atoms with Crippen molar-refractivity contribution in [2.45, 2.75) is 44.4 Å². The molecule has 0 atom stereocenters. The molecule has 30 heavy (non-hydrogen) atoms. The van der Waals surface area contributed by atoms with Crippen LogP contribution in [0.1, 0.15) is 37.8 Å². The highest BCUT2D eigenvalue weighted by atomic mass is 79.9. The number of nitrogens with one attached hydrogen (secondary N) is 1. The fourth-order valence-corrected chi connectivity index (χ4v) is 5.91. The standard InChI is InChI=1S/C23H29BrN2O3S/c1-23(2,16-18-7-4-3-5-8-18)25-22(27)20-11-13-26(14-12-20)30(28,29)17-19-9-6-10-21(24)15-19/h3-10,15,20H,11-14,16-17H2,1-2H3,(H,25,27). The maximum Gasteiger partial charge on any atom is 0.223 e. The molecule has 0 aromatic heterocycles. The van der Waals surface area contributed by atoms with Gasteiger partial charge in [-0.1, -0.05) is 58.4 Å². The quantitative estimate of drug-likeness (QED) is 0.631. The molecule has 1 aliphatic heterocycles. The minimum absolute atomic E-state index is 0.0139. The van der Waals surface area contributed by atoms with Crippen molar-refractivity contribution in [2.24, 2.45) is 5.92 Å². The Kier molecular flexibility index (Phi) is 7.37. The van der Waals surface area contributed by atoms with Gasteiger partial charge in [0.15, 0.2) is 0 Å². The lowest BCUT2D eigenvalue weighted by Crippen LogP contribution is -2.50. The van der Waals surface area contributed by atoms with E-state index in [1.54, 1.807) is 0 Å². The van der Waals surface area contributed by atoms with Crippen LogP contribution in [0.3, 0.4) is 0 Å². The molecule has 0 radical (unpaired) electrons. The minimum atomic E-state index is -3.40. The highest BCUT2D eigenvalue weighted by molar-refractivity contribution is 9.10. The van der Waals surface area contributed by atoms with Crippen LogP contribution >= 0.6 is 15.9 Å². The normalized spacial score (nSPS) is 16.4. The van der Waals surface area contributed by atoms with E-state index >= 15 is 0 Å². The van der Waals surface area contributed by atoms with E-state index in [1.165, 1.54) is 9.87 Å². The Hall–Kier alpha value is -1.70. The van der Waals surface area contributed by atoms with Gasteiger partial charge in [-0.3, -0.25) is 4.79 Å². The van der Waals surface area contributed by atoms with E-state index in [0.29, 0.717) is 25.9 Å². The van der Waals surface area contributed by atoms with E-state index in [1.807, 2.05) is 56.3 Å². The topological polar surface area (TPSA) is 66.5 Å². The molecule has 0 bridgehead atoms. The molecule has 2 aromatic carbocycles. The van der Waals surface area contributed by atoms with Crippen molar-refractivity contribution in [3.63, 3.8) is 0 Å². The Balaban J connectivity index is 1.53. The van der Waals surface area contributed by atoms with Gasteiger partial charge in [-0.15, -0.1) is 0 Å². The minimum Gasteiger partial charge on any atom is -0.351 e. The molecule has 0 unspecified atom stereocenters. The van der Waals surface area contributed by atoms with Crippen molar-refractivity contribution < 1.29 is 13.2 Å². The first kappa shape index (κ1) is 23.0. The van der Waals surface area contributed by atoms with Gasteiger partial charge in [-0.25, -0.2) is 12.7 Å². The SMILES string of the molecule is CC(C)(Cc1ccccc1)NC(=O)C1CCN(S(=O)(=O)Cc2cccc(Br)c2)CC1. The van der Waals surface area contributed by atoms with Gasteiger partial charge in [0.25, 0.3) is 0 Å². The molecule has 2 aromatic rings. The van der Waals surface area contributed by atoms with Crippen molar-refractivity contribution >= 4 is 31.9 Å². The number of halogens is 1. The lowest BCUT2D eigenvalue weighted by molar-refractivity contribution is -0.127. The maximum absolute atomic E-state index is 12.8. The fraction of sp³-hybridized carbons (Fsp3) is 0.435. The maximum atomic E-state index is 12.8. The van der Waals surface area contributed by atoms with E-state index in [2.05, 4.69) is 33.4 Å². The van der Waals surface area contributed by atoms with Crippen LogP contribution in [0.2, 0.25) is 0 Å². The summed E-state index contributed by atoms with van der Waals surface area (Å²) in [5, 5.41) is 3.16. The highest BCUT2D eigenvalue weighted by Gasteiger charge is 2.33. The summed E-state index contributed by atoms with van der Waals surface area (Å²) in [6, 6.07) is 17.4. The van der Waals surface area contributed by atoms with Crippen LogP contribution in [0.15, 0.2) is 59.1 Å². The largest absolute Gasteiger partial charge is 0.351 e. The predicted molar refractivity (Wildman–Crippen MR) is 123 cm³/mol. The van der Waals surface area contributed by atoms with E-state index in [-0.39, 0.29) is 23.1 Å². The van der Waals surface area contributed by atoms with Gasteiger partial charge in [0.2, 0.25) is 15.9 Å². The number of carbonyl (C=O) groups is 1. The van der Waals surface area contributed by atoms with Crippen molar-refractivity contribution in [1.29, 1.82) is 0 Å². The number of amides is 1. The van der Waals surface area contributed by atoms with Crippen molar-refractivity contribution in [2.75, 3.05) is 13.1 Å². The molecular formula is C23H29BrN2O3S. The van der Waals surface area contributed by atoms with Crippen LogP contribution in [0, 0.1) is 5.92 Å². The van der Waals surface area contributed by atoms with E-state index < -0.39 is 10.0 Å². The molecule has 1 aliphatic rings. The number of rotatable bonds is 7. The summed E-state index contributed by atoms with van der Waals surface area (Å²) in [5.41, 5.74) is 1.57. The van der Waals surface area contributed by atoms with Crippen LogP contribution in [0.5, 0.6) is 0 Å². The van der Waals surface area contributed by atoms with Gasteiger partial charge in [0.1, 0.15) is 0 Å². The van der Waals surface area contributed by atoms with E-state index in [9.17, 15) is 13.2 Å². The zero-order chi connectivity index (χ0) is 21.8. The number of hydrogen-bond acceptors (Lipinski definition) is 3. The van der Waals surface area contributed by atoms with Crippen LogP contribution < -0.4 is 5.32 Å². The summed E-state index contributed by atoms with van der Waals surface area (Å²) >= 11 is 3.38. The van der Waals surface area contributed by atoms with Gasteiger partial charge in [-0.2, -0.15) is 0 Å². The average molecular weight is 493 g/mol. The number of benzene rings is 2. The first-order valence-corrected chi connectivity index (χ1v) is 12.6. The summed E-state index contributed by atoms with van der Waals surface area (Å²) in [6.45, 7) is 4.81. The Labute approximate surface area is 188 Å². The van der Waals surface area contributed by atoms with Gasteiger partial charge < -0.3 is 5.32 Å². The third kappa shape index (κ3) is 6.40. The number of nitrogens with zero attached hydrogens (tertiary/aromatic N) is 1. The number of hydrogen-bond donors (Lipinski definition) is 1. The zero-order valence-electron chi connectivity index (χ0n) is 17.5. The number of piperidine rings is 1. The molecule has 7 heteroatoms. The second kappa shape index (κ2) is 9.62. The van der Waals surface area contributed by atoms with E-state index in [0.717, 1.165) is 16.5 Å². The highest BCUT2D eigenvalue weighted by Crippen LogP contribution is 2.24. The van der Waals surface area contributed by atoms with Crippen LogP contribution in [-0.2, 0) is 27.0 Å². The molecule has 0 aliphatic carbocycles. The summed E-state index contributed by atoms with van der Waals surface area (Å²) in [7, 11) is -3.40. The van der Waals surface area contributed by atoms with E-state index in [4.69, 9.17) is 0 Å². The van der Waals surface area contributed by atoms with Crippen LogP contribution in [0.25, 0.3) is 0 Å². The first-order chi connectivity index (χ1) is 14.1. The van der Waals surface area contributed by atoms with Crippen LogP contribution in [0.4, 0.5) is 0 Å². The van der Waals surface area contributed by atoms with Crippen molar-refractivity contribution in [3.05, 3.63) is 70.2 Å². The number of sulfonamides is 1. The smallest absolute Gasteiger partial charge is 0.223 e. The third-order valence-corrected chi connectivity index (χ3v) is 7.75. The van der Waals surface area contributed by atoms with Crippen molar-refractivity contribution in [3.8, 4) is 0 Å². The Morgan fingerprint density at radius 3 is 2.33 bits per heavy atom. The lowest BCUT2D eigenvalue weighted by atomic mass is 9.91. The molecular weight excluding hydrogens is 464 g/mol. The van der Waals surface area contributed by atoms with Gasteiger partial charge in [0, 0.05) is 29.0 Å². The van der Waals surface area contributed by atoms with Gasteiger partial charge >= 0.3 is 0 Å². The molecule has 1 N–H and O–H groups in total. The fourth-order valence-electron chi connectivity index (χ4n) is 3.91. The summed E-state index contributed by atoms with van der Waals surface area (Å²) in [6.07, 6.45) is 1.84. The predicted octanol–water partition coefficient (Wildman–Crippen LogP) is 4.13. The Morgan fingerprint density at radius 1 is 1.07 bits per heavy atom. The molecule has 0 spiro atoms. The molecule has 1 saturated heterocycles. The monoisotopic (exact) mass is 492 g/mol. The molecule has 0 saturated carbocycles. The Morgan fingerprint density at radius 2 is 1.70 bits per heavy atom. The first-order valence-electron chi connectivity index (χ1n) is 10.2. The summed E-state index contributed by atoms with van der Waals surface area (Å²) in [5.74, 6) is -0.162. The second-order valence-electron chi connectivity index (χ2n) is 8.59. The van der Waals surface area contributed by atoms with Gasteiger partial charge in [0.05, 0.1) is 5.75 Å². The Bertz CT molecular complexity index is 969. The molecule has 162 valence electrons. The third-order valence-electron chi connectivity index (χ3n) is 5.41. The lowest BCUT2D eigenvalue weighted by Gasteiger charge is -2.33. The molecule has 3 rings (SSSR count). The number of carbonyl (C=O) groups excluding carboxylic acids is 1. The summed E-state index contributed by atoms with van der Waals surface area (Å²) in [4.78, 5) is 12.8. The molecule has 1 heterocycles. The molecule has 1 amide bonds. The van der Waals surface area contributed by atoms with Crippen molar-refractivity contribution in [1.82, 2.24) is 9.62 Å². The zero-order valence-corrected chi connectivity index (χ0v) is 19.9. The average Bonchev–Trinajstić information content (AvgIpc) is 2.68.